The highest BCUT2D eigenvalue weighted by Crippen LogP contribution is 0.879. The summed E-state index contributed by atoms with van der Waals surface area (Å²) >= 11 is 0. The third-order valence-corrected chi connectivity index (χ3v) is 0. The molecule has 5 heavy (non-hydrogen) atoms. The minimum atomic E-state index is -0.417. The van der Waals surface area contributed by atoms with E-state index in [0.717, 1.165) is 0 Å². The first-order valence-corrected chi connectivity index (χ1v) is 1.50. The molecule has 0 fully saturated rings. The second kappa shape index (κ2) is 33.6. The topological polar surface area (TPSA) is 78.2 Å². The van der Waals surface area contributed by atoms with Crippen LogP contribution in [0.3, 0.4) is 0 Å². The van der Waals surface area contributed by atoms with Gasteiger partial charge in [-0.2, -0.15) is 0 Å². The largest absolute Gasteiger partial charge is 1.00 e. The lowest BCUT2D eigenvalue weighted by atomic mass is 13.9. The highest BCUT2D eigenvalue weighted by Gasteiger charge is 1.00. The number of rotatable bonds is 0. The van der Waals surface area contributed by atoms with Gasteiger partial charge >= 0.3 is 6.15 Å². The van der Waals surface area contributed by atoms with E-state index < -0.39 is 9.10 Å². The summed E-state index contributed by atoms with van der Waals surface area (Å²) in [5.74, 6) is 0. The van der Waals surface area contributed by atoms with Crippen LogP contribution in [0.1, 0.15) is 0 Å². The van der Waals surface area contributed by atoms with E-state index in [4.69, 9.17) is 10.1 Å². The monoisotopic (exact) mass is 107 g/mol. The average Bonchev–Trinajstić information content (AvgIpc) is 0.918. The van der Waals surface area contributed by atoms with Crippen molar-refractivity contribution in [3.8, 4) is 0 Å². The van der Waals surface area contributed by atoms with Crippen molar-refractivity contribution in [3.63, 3.8) is 0 Å². The molecule has 0 spiro atoms. The Balaban J connectivity index is -0.0000000200. The quantitative estimate of drug-likeness (QED) is 0.305. The van der Waals surface area contributed by atoms with Crippen molar-refractivity contribution in [1.29, 1.82) is 10.1 Å². The van der Waals surface area contributed by atoms with Crippen LogP contribution in [0, 0.1) is 10.1 Å². The normalized spacial score (nSPS) is 1.60. The van der Waals surface area contributed by atoms with Crippen molar-refractivity contribution < 1.29 is 12.4 Å². The first-order chi connectivity index (χ1) is 1.41. The highest BCUT2D eigenvalue weighted by molar-refractivity contribution is 5.99. The second-order valence-electron chi connectivity index (χ2n) is 0.125. The van der Waals surface area contributed by atoms with Crippen LogP contribution in [0.4, 0.5) is 0 Å². The minimum absolute atomic E-state index is 0. The molecular formula is H2ClN3Si. The number of hydrogen-bond acceptors (Lipinski definition) is 2. The Hall–Kier alpha value is 0.0669. The van der Waals surface area contributed by atoms with Crippen molar-refractivity contribution >= 4 is 9.10 Å². The molecule has 0 saturated carbocycles. The molecule has 0 heterocycles. The maximum atomic E-state index is 5.90. The molecule has 2 N–H and O–H groups in total. The van der Waals surface area contributed by atoms with E-state index in [2.05, 4.69) is 0 Å². The molecule has 0 saturated heterocycles. The van der Waals surface area contributed by atoms with E-state index in [-0.39, 0.29) is 18.6 Å². The Kier molecular flexibility index (Phi) is 132. The maximum Gasteiger partial charge on any atom is 1.00 e. The lowest BCUT2D eigenvalue weighted by molar-refractivity contribution is -0.00000161. The molecule has 0 aromatic rings. The fourth-order valence-electron chi connectivity index (χ4n) is 0. The zero-order valence-electron chi connectivity index (χ0n) is 2.33. The van der Waals surface area contributed by atoms with Crippen LogP contribution in [-0.2, 0) is 0 Å². The van der Waals surface area contributed by atoms with E-state index in [1.807, 2.05) is 0 Å². The Morgan fingerprint density at radius 1 is 1.20 bits per heavy atom. The molecule has 3 nitrogen and oxygen atoms in total. The summed E-state index contributed by atoms with van der Waals surface area (Å²) in [5, 5.41) is 11.8. The summed E-state index contributed by atoms with van der Waals surface area (Å²) in [7, 11) is -0.417. The molecule has 28 valence electrons. The predicted octanol–water partition coefficient (Wildman–Crippen LogP) is -3.26. The van der Waals surface area contributed by atoms with Gasteiger partial charge in [-0.3, -0.25) is 10.1 Å². The summed E-state index contributed by atoms with van der Waals surface area (Å²) in [6.07, 6.45) is 0. The smallest absolute Gasteiger partial charge is 1.00 e. The molecule has 0 atom stereocenters. The first kappa shape index (κ1) is 19.6. The standard InChI is InChI=1S/ClH.H2N2Si.N/c;1-3-2;/h1H;1-2H;/q;;+1/p-1. The van der Waals surface area contributed by atoms with Crippen molar-refractivity contribution in [2.75, 3.05) is 0 Å². The Labute approximate surface area is 38.6 Å². The molecule has 0 aliphatic heterocycles. The molecule has 0 aromatic carbocycles. The third kappa shape index (κ3) is 3880. The van der Waals surface area contributed by atoms with Crippen LogP contribution < -0.4 is 18.6 Å². The van der Waals surface area contributed by atoms with Crippen LogP contribution in [0.2, 0.25) is 0 Å². The molecule has 0 aliphatic carbocycles. The van der Waals surface area contributed by atoms with E-state index in [1.54, 1.807) is 0 Å². The molecule has 0 aromatic heterocycles. The van der Waals surface area contributed by atoms with Crippen molar-refractivity contribution in [3.05, 3.63) is 0 Å². The lowest BCUT2D eigenvalue weighted by Gasteiger charge is -1.07. The summed E-state index contributed by atoms with van der Waals surface area (Å²) in [6, 6.07) is 0. The highest BCUT2D eigenvalue weighted by atomic mass is 35.5. The van der Waals surface area contributed by atoms with E-state index in [1.165, 1.54) is 0 Å². The Morgan fingerprint density at radius 3 is 1.20 bits per heavy atom. The third-order valence-electron chi connectivity index (χ3n) is 0. The summed E-state index contributed by atoms with van der Waals surface area (Å²) < 4.78 is 0. The molecule has 0 unspecified atom stereocenters. The maximum absolute atomic E-state index is 5.90. The van der Waals surface area contributed by atoms with Crippen LogP contribution in [-0.4, -0.2) is 9.10 Å². The van der Waals surface area contributed by atoms with Gasteiger partial charge in [0.15, 0.2) is 0 Å². The number of nitrogens with zero attached hydrogens (tertiary/aromatic N) is 1. The van der Waals surface area contributed by atoms with Crippen molar-refractivity contribution in [1.82, 2.24) is 6.15 Å². The average molecular weight is 108 g/mol. The molecule has 0 aliphatic rings. The van der Waals surface area contributed by atoms with Gasteiger partial charge in [-0.25, -0.2) is 0 Å². The Morgan fingerprint density at radius 2 is 1.20 bits per heavy atom. The predicted molar refractivity (Wildman–Crippen MR) is 13.3 cm³/mol. The first-order valence-electron chi connectivity index (χ1n) is 0.500. The van der Waals surface area contributed by atoms with Gasteiger partial charge in [0, 0.05) is 0 Å². The van der Waals surface area contributed by atoms with Gasteiger partial charge in [-0.15, -0.1) is 0 Å². The summed E-state index contributed by atoms with van der Waals surface area (Å²) in [6.45, 7) is 0. The molecule has 0 amide bonds. The Bertz CT molecular complexity index is 27.9. The van der Waals surface area contributed by atoms with Crippen LogP contribution in [0.5, 0.6) is 0 Å². The van der Waals surface area contributed by atoms with E-state index >= 15 is 0 Å². The molecule has 0 bridgehead atoms. The molecule has 0 rings (SSSR count). The van der Waals surface area contributed by atoms with E-state index in [0.29, 0.717) is 0 Å². The number of halogens is 1. The number of nitrogens with one attached hydrogen (secondary N) is 2. The summed E-state index contributed by atoms with van der Waals surface area (Å²) in [5.41, 5.74) is 0. The molecule has 4 radical (unpaired) electrons. The van der Waals surface area contributed by atoms with Crippen LogP contribution in [0.25, 0.3) is 0 Å². The fourth-order valence-corrected chi connectivity index (χ4v) is 0. The van der Waals surface area contributed by atoms with Gasteiger partial charge in [0.25, 0.3) is 0 Å². The zero-order valence-corrected chi connectivity index (χ0v) is 4.08. The van der Waals surface area contributed by atoms with Crippen molar-refractivity contribution in [2.45, 2.75) is 0 Å². The minimum Gasteiger partial charge on any atom is -1.00 e. The van der Waals surface area contributed by atoms with Crippen molar-refractivity contribution in [2.24, 2.45) is 0 Å². The van der Waals surface area contributed by atoms with Gasteiger partial charge in [-0.1, -0.05) is 0 Å². The molecular weight excluding hydrogens is 106 g/mol. The zero-order chi connectivity index (χ0) is 2.71. The fraction of sp³-hybridized carbons (Fsp3) is 0. The van der Waals surface area contributed by atoms with Gasteiger partial charge in [0.1, 0.15) is 0 Å². The van der Waals surface area contributed by atoms with Gasteiger partial charge in [0.05, 0.1) is 0 Å². The number of hydrogen-bond donors (Lipinski definition) is 2. The van der Waals surface area contributed by atoms with Gasteiger partial charge in [0.2, 0.25) is 9.10 Å². The molecule has 5 heteroatoms. The van der Waals surface area contributed by atoms with Crippen LogP contribution >= 0.6 is 0 Å². The lowest BCUT2D eigenvalue weighted by Crippen LogP contribution is -3.00. The summed E-state index contributed by atoms with van der Waals surface area (Å²) in [4.78, 5) is 0. The van der Waals surface area contributed by atoms with E-state index in [9.17, 15) is 0 Å². The second-order valence-corrected chi connectivity index (χ2v) is 0.375. The van der Waals surface area contributed by atoms with Gasteiger partial charge in [-0.05, 0) is 0 Å². The van der Waals surface area contributed by atoms with Gasteiger partial charge < -0.3 is 12.4 Å². The van der Waals surface area contributed by atoms with Crippen LogP contribution in [0.15, 0.2) is 0 Å². The SMILES string of the molecule is N=[Si]=N.[Cl-].[N+].